The number of Topliss-reactive ketones (excluding diaryl/α,β-unsaturated/α-hetero) is 1. The summed E-state index contributed by atoms with van der Waals surface area (Å²) in [5.74, 6) is -0.294. The van der Waals surface area contributed by atoms with Crippen LogP contribution in [-0.2, 0) is 23.8 Å². The fourth-order valence-corrected chi connectivity index (χ4v) is 5.40. The van der Waals surface area contributed by atoms with E-state index in [1.165, 1.54) is 6.08 Å². The standard InChI is InChI=1S/C29H49NO6/c1-9-25-18(2)12-10-11-13-24(31)20(4)16-21(5)28(19(3)14-15-26(32)35-25)36-29-27(33)23(30(7)8)17-22(6)34-29/h10-11,14-15,18-23,25,27-29,33H,9,12-13,16-17H2,1-8H3/b11-10+,15-14+/t18-,19-,20+,21-,22+,23-,25+,27+,28+,29-/m0/s1. The monoisotopic (exact) mass is 507 g/mol. The van der Waals surface area contributed by atoms with Crippen molar-refractivity contribution < 1.29 is 28.9 Å². The van der Waals surface area contributed by atoms with E-state index in [-0.39, 0.29) is 59.8 Å². The molecule has 0 radical (unpaired) electrons. The Morgan fingerprint density at radius 3 is 2.39 bits per heavy atom. The number of carbonyl (C=O) groups is 2. The normalized spacial score (nSPS) is 41.6. The van der Waals surface area contributed by atoms with Crippen LogP contribution < -0.4 is 0 Å². The molecule has 0 amide bonds. The molecule has 36 heavy (non-hydrogen) atoms. The van der Waals surface area contributed by atoms with Crippen molar-refractivity contribution in [2.24, 2.45) is 23.7 Å². The number of nitrogens with zero attached hydrogens (tertiary/aromatic N) is 1. The number of aliphatic hydroxyl groups is 1. The third kappa shape index (κ3) is 8.79. The van der Waals surface area contributed by atoms with Crippen LogP contribution in [0.15, 0.2) is 24.3 Å². The average molecular weight is 508 g/mol. The molecule has 206 valence electrons. The molecular weight excluding hydrogens is 458 g/mol. The van der Waals surface area contributed by atoms with Crippen molar-refractivity contribution >= 4 is 11.8 Å². The lowest BCUT2D eigenvalue weighted by molar-refractivity contribution is -0.277. The molecule has 7 heteroatoms. The highest BCUT2D eigenvalue weighted by Gasteiger charge is 2.41. The first-order valence-corrected chi connectivity index (χ1v) is 13.7. The lowest BCUT2D eigenvalue weighted by Crippen LogP contribution is -2.55. The number of hydrogen-bond donors (Lipinski definition) is 1. The summed E-state index contributed by atoms with van der Waals surface area (Å²) in [6.45, 7) is 12.1. The average Bonchev–Trinajstić information content (AvgIpc) is 2.82. The fourth-order valence-electron chi connectivity index (χ4n) is 5.40. The van der Waals surface area contributed by atoms with E-state index in [0.717, 1.165) is 12.8 Å². The number of hydrogen-bond acceptors (Lipinski definition) is 7. The second-order valence-corrected chi connectivity index (χ2v) is 11.2. The van der Waals surface area contributed by atoms with Gasteiger partial charge in [-0.3, -0.25) is 4.79 Å². The van der Waals surface area contributed by atoms with E-state index in [1.807, 2.05) is 64.9 Å². The summed E-state index contributed by atoms with van der Waals surface area (Å²) in [4.78, 5) is 27.5. The van der Waals surface area contributed by atoms with Crippen LogP contribution in [0, 0.1) is 23.7 Å². The predicted octanol–water partition coefficient (Wildman–Crippen LogP) is 4.53. The van der Waals surface area contributed by atoms with Crippen molar-refractivity contribution in [2.75, 3.05) is 14.1 Å². The summed E-state index contributed by atoms with van der Waals surface area (Å²) in [6.07, 6.45) is 8.30. The Morgan fingerprint density at radius 1 is 1.06 bits per heavy atom. The molecule has 0 aromatic rings. The molecule has 0 saturated carbocycles. The first-order valence-electron chi connectivity index (χ1n) is 13.7. The topological polar surface area (TPSA) is 85.3 Å². The third-order valence-corrected chi connectivity index (χ3v) is 7.76. The summed E-state index contributed by atoms with van der Waals surface area (Å²) in [6, 6.07) is -0.0821. The van der Waals surface area contributed by atoms with Gasteiger partial charge in [0.15, 0.2) is 6.29 Å². The highest BCUT2D eigenvalue weighted by molar-refractivity contribution is 5.82. The zero-order valence-corrected chi connectivity index (χ0v) is 23.6. The van der Waals surface area contributed by atoms with Gasteiger partial charge in [0.2, 0.25) is 0 Å². The van der Waals surface area contributed by atoms with Crippen LogP contribution in [0.3, 0.4) is 0 Å². The first kappa shape index (κ1) is 30.7. The Morgan fingerprint density at radius 2 is 1.75 bits per heavy atom. The van der Waals surface area contributed by atoms with E-state index >= 15 is 0 Å². The minimum atomic E-state index is -0.805. The van der Waals surface area contributed by atoms with Gasteiger partial charge in [0.1, 0.15) is 18.0 Å². The maximum absolute atomic E-state index is 12.8. The summed E-state index contributed by atoms with van der Waals surface area (Å²) < 4.78 is 18.3. The maximum Gasteiger partial charge on any atom is 0.330 e. The van der Waals surface area contributed by atoms with Crippen molar-refractivity contribution in [2.45, 2.75) is 110 Å². The van der Waals surface area contributed by atoms with Crippen molar-refractivity contribution in [1.82, 2.24) is 4.90 Å². The second-order valence-electron chi connectivity index (χ2n) is 11.2. The van der Waals surface area contributed by atoms with Gasteiger partial charge >= 0.3 is 5.97 Å². The summed E-state index contributed by atoms with van der Waals surface area (Å²) >= 11 is 0. The molecule has 0 aromatic carbocycles. The highest BCUT2D eigenvalue weighted by atomic mass is 16.7. The van der Waals surface area contributed by atoms with Gasteiger partial charge in [-0.15, -0.1) is 0 Å². The summed E-state index contributed by atoms with van der Waals surface area (Å²) in [7, 11) is 3.89. The number of ether oxygens (including phenoxy) is 3. The Labute approximate surface area is 218 Å². The second kappa shape index (κ2) is 14.4. The van der Waals surface area contributed by atoms with E-state index in [4.69, 9.17) is 14.2 Å². The lowest BCUT2D eigenvalue weighted by Gasteiger charge is -2.43. The Hall–Kier alpha value is -1.54. The van der Waals surface area contributed by atoms with Gasteiger partial charge in [0, 0.05) is 30.4 Å². The Kier molecular flexibility index (Phi) is 12.3. The molecule has 1 fully saturated rings. The molecule has 2 rings (SSSR count). The van der Waals surface area contributed by atoms with E-state index in [9.17, 15) is 14.7 Å². The SMILES string of the molecule is CC[C@H]1OC(=O)/C=C/[C@H](C)[C@@H](O[C@@H]2O[C@H](C)C[C@H](N(C)C)[C@H]2O)[C@@H](C)C[C@@H](C)C(=O)C/C=C/C[C@@H]1C. The van der Waals surface area contributed by atoms with Gasteiger partial charge in [0.25, 0.3) is 0 Å². The molecule has 1 saturated heterocycles. The molecule has 0 spiro atoms. The Bertz CT molecular complexity index is 765. The number of esters is 1. The minimum absolute atomic E-state index is 0.00856. The van der Waals surface area contributed by atoms with Crippen LogP contribution in [0.4, 0.5) is 0 Å². The van der Waals surface area contributed by atoms with Gasteiger partial charge < -0.3 is 24.2 Å². The zero-order chi connectivity index (χ0) is 27.0. The number of aliphatic hydroxyl groups excluding tert-OH is 1. The van der Waals surface area contributed by atoms with E-state index in [1.54, 1.807) is 0 Å². The largest absolute Gasteiger partial charge is 0.459 e. The van der Waals surface area contributed by atoms with E-state index < -0.39 is 12.4 Å². The number of ketones is 1. The number of allylic oxidation sites excluding steroid dienone is 2. The van der Waals surface area contributed by atoms with Crippen LogP contribution >= 0.6 is 0 Å². The summed E-state index contributed by atoms with van der Waals surface area (Å²) in [5, 5.41) is 11.0. The highest BCUT2D eigenvalue weighted by Crippen LogP contribution is 2.31. The smallest absolute Gasteiger partial charge is 0.330 e. The number of cyclic esters (lactones) is 1. The lowest BCUT2D eigenvalue weighted by atomic mass is 9.84. The molecule has 7 nitrogen and oxygen atoms in total. The van der Waals surface area contributed by atoms with Gasteiger partial charge in [-0.05, 0) is 58.5 Å². The number of likely N-dealkylation sites (N-methyl/N-ethyl adjacent to an activating group) is 1. The van der Waals surface area contributed by atoms with E-state index in [2.05, 4.69) is 13.8 Å². The van der Waals surface area contributed by atoms with Crippen LogP contribution in [0.1, 0.15) is 73.6 Å². The molecular formula is C29H49NO6. The molecule has 0 unspecified atom stereocenters. The number of carbonyl (C=O) groups excluding carboxylic acids is 2. The van der Waals surface area contributed by atoms with Crippen LogP contribution in [0.25, 0.3) is 0 Å². The van der Waals surface area contributed by atoms with Gasteiger partial charge in [-0.25, -0.2) is 4.79 Å². The predicted molar refractivity (Wildman–Crippen MR) is 141 cm³/mol. The quantitative estimate of drug-likeness (QED) is 0.442. The van der Waals surface area contributed by atoms with Crippen molar-refractivity contribution in [3.8, 4) is 0 Å². The molecule has 2 aliphatic rings. The Balaban J connectivity index is 2.30. The van der Waals surface area contributed by atoms with Crippen LogP contribution in [0.5, 0.6) is 0 Å². The van der Waals surface area contributed by atoms with Gasteiger partial charge in [-0.1, -0.05) is 52.8 Å². The van der Waals surface area contributed by atoms with Crippen LogP contribution in [0.2, 0.25) is 0 Å². The first-order chi connectivity index (χ1) is 16.9. The molecule has 0 aliphatic carbocycles. The van der Waals surface area contributed by atoms with Crippen molar-refractivity contribution in [3.63, 3.8) is 0 Å². The fraction of sp³-hybridized carbons (Fsp3) is 0.793. The molecule has 0 bridgehead atoms. The maximum atomic E-state index is 12.8. The van der Waals surface area contributed by atoms with Crippen LogP contribution in [-0.4, -0.2) is 72.6 Å². The molecule has 10 atom stereocenters. The van der Waals surface area contributed by atoms with Crippen molar-refractivity contribution in [1.29, 1.82) is 0 Å². The molecule has 0 aromatic heterocycles. The van der Waals surface area contributed by atoms with Gasteiger partial charge in [-0.2, -0.15) is 0 Å². The molecule has 2 heterocycles. The summed E-state index contributed by atoms with van der Waals surface area (Å²) in [5.41, 5.74) is 0. The minimum Gasteiger partial charge on any atom is -0.459 e. The van der Waals surface area contributed by atoms with Crippen molar-refractivity contribution in [3.05, 3.63) is 24.3 Å². The van der Waals surface area contributed by atoms with E-state index in [0.29, 0.717) is 19.3 Å². The molecule has 2 aliphatic heterocycles. The number of rotatable bonds is 4. The molecule has 1 N–H and O–H groups in total. The van der Waals surface area contributed by atoms with Gasteiger partial charge in [0.05, 0.1) is 12.2 Å². The zero-order valence-electron chi connectivity index (χ0n) is 23.6. The third-order valence-electron chi connectivity index (χ3n) is 7.76.